The molecule has 0 aromatic heterocycles. The van der Waals surface area contributed by atoms with E-state index in [1.165, 1.54) is 0 Å². The highest BCUT2D eigenvalue weighted by molar-refractivity contribution is 9.10. The first-order valence-corrected chi connectivity index (χ1v) is 7.82. The second kappa shape index (κ2) is 8.61. The van der Waals surface area contributed by atoms with Crippen LogP contribution >= 0.6 is 28.3 Å². The Labute approximate surface area is 140 Å². The van der Waals surface area contributed by atoms with Gasteiger partial charge in [0.05, 0.1) is 11.6 Å². The monoisotopic (exact) mass is 376 g/mol. The SMILES string of the molecule is CCCN(C(=O)c1ccc(OC)c(Br)c1)C1CCNC1.Cl. The Kier molecular flexibility index (Phi) is 7.49. The quantitative estimate of drug-likeness (QED) is 0.857. The normalized spacial score (nSPS) is 17.2. The molecule has 0 saturated carbocycles. The van der Waals surface area contributed by atoms with Crippen LogP contribution in [0.1, 0.15) is 30.1 Å². The summed E-state index contributed by atoms with van der Waals surface area (Å²) < 4.78 is 6.02. The van der Waals surface area contributed by atoms with E-state index in [4.69, 9.17) is 4.74 Å². The molecule has 4 nitrogen and oxygen atoms in total. The van der Waals surface area contributed by atoms with Gasteiger partial charge in [0.1, 0.15) is 5.75 Å². The van der Waals surface area contributed by atoms with Crippen LogP contribution in [0, 0.1) is 0 Å². The molecule has 0 radical (unpaired) electrons. The van der Waals surface area contributed by atoms with Gasteiger partial charge in [-0.3, -0.25) is 4.79 Å². The fourth-order valence-electron chi connectivity index (χ4n) is 2.56. The number of amides is 1. The van der Waals surface area contributed by atoms with Crippen molar-refractivity contribution in [2.24, 2.45) is 0 Å². The maximum atomic E-state index is 12.7. The van der Waals surface area contributed by atoms with Crippen molar-refractivity contribution in [1.82, 2.24) is 10.2 Å². The van der Waals surface area contributed by atoms with Crippen molar-refractivity contribution in [3.05, 3.63) is 28.2 Å². The fourth-order valence-corrected chi connectivity index (χ4v) is 3.10. The molecule has 1 unspecified atom stereocenters. The fraction of sp³-hybridized carbons (Fsp3) is 0.533. The minimum absolute atomic E-state index is 0. The molecule has 118 valence electrons. The van der Waals surface area contributed by atoms with Crippen LogP contribution in [-0.4, -0.2) is 43.6 Å². The number of nitrogens with zero attached hydrogens (tertiary/aromatic N) is 1. The summed E-state index contributed by atoms with van der Waals surface area (Å²) in [6, 6.07) is 5.81. The van der Waals surface area contributed by atoms with Gasteiger partial charge in [0.15, 0.2) is 0 Å². The minimum Gasteiger partial charge on any atom is -0.496 e. The Hall–Kier alpha value is -0.780. The molecule has 1 fully saturated rings. The maximum Gasteiger partial charge on any atom is 0.254 e. The molecule has 1 amide bonds. The number of rotatable bonds is 5. The molecule has 0 bridgehead atoms. The van der Waals surface area contributed by atoms with Crippen LogP contribution in [0.25, 0.3) is 0 Å². The number of carbonyl (C=O) groups excluding carboxylic acids is 1. The molecule has 1 aliphatic heterocycles. The van der Waals surface area contributed by atoms with Crippen molar-refractivity contribution in [2.45, 2.75) is 25.8 Å². The summed E-state index contributed by atoms with van der Waals surface area (Å²) in [6.45, 7) is 4.79. The second-order valence-corrected chi connectivity index (χ2v) is 5.85. The van der Waals surface area contributed by atoms with Crippen molar-refractivity contribution in [2.75, 3.05) is 26.7 Å². The average molecular weight is 378 g/mol. The first kappa shape index (κ1) is 18.3. The third kappa shape index (κ3) is 4.34. The Balaban J connectivity index is 0.00000220. The lowest BCUT2D eigenvalue weighted by atomic mass is 10.1. The minimum atomic E-state index is 0. The molecular weight excluding hydrogens is 356 g/mol. The lowest BCUT2D eigenvalue weighted by Crippen LogP contribution is -2.42. The van der Waals surface area contributed by atoms with Gasteiger partial charge in [-0.1, -0.05) is 6.92 Å². The van der Waals surface area contributed by atoms with Crippen molar-refractivity contribution in [1.29, 1.82) is 0 Å². The predicted molar refractivity (Wildman–Crippen MR) is 90.5 cm³/mol. The number of halogens is 2. The van der Waals surface area contributed by atoms with E-state index >= 15 is 0 Å². The van der Waals surface area contributed by atoms with Gasteiger partial charge in [0.2, 0.25) is 0 Å². The molecule has 21 heavy (non-hydrogen) atoms. The number of hydrogen-bond acceptors (Lipinski definition) is 3. The van der Waals surface area contributed by atoms with E-state index in [-0.39, 0.29) is 18.3 Å². The van der Waals surface area contributed by atoms with Crippen LogP contribution in [0.5, 0.6) is 5.75 Å². The highest BCUT2D eigenvalue weighted by Crippen LogP contribution is 2.26. The summed E-state index contributed by atoms with van der Waals surface area (Å²) in [5.41, 5.74) is 0.707. The number of benzene rings is 1. The highest BCUT2D eigenvalue weighted by atomic mass is 79.9. The van der Waals surface area contributed by atoms with Crippen molar-refractivity contribution >= 4 is 34.2 Å². The summed E-state index contributed by atoms with van der Waals surface area (Å²) in [7, 11) is 1.62. The van der Waals surface area contributed by atoms with Gasteiger partial charge in [-0.2, -0.15) is 0 Å². The Morgan fingerprint density at radius 2 is 2.29 bits per heavy atom. The topological polar surface area (TPSA) is 41.6 Å². The van der Waals surface area contributed by atoms with E-state index < -0.39 is 0 Å². The lowest BCUT2D eigenvalue weighted by Gasteiger charge is -2.28. The van der Waals surface area contributed by atoms with E-state index in [9.17, 15) is 4.79 Å². The van der Waals surface area contributed by atoms with Crippen LogP contribution in [0.2, 0.25) is 0 Å². The third-order valence-corrected chi connectivity index (χ3v) is 4.22. The summed E-state index contributed by atoms with van der Waals surface area (Å²) in [6.07, 6.45) is 2.00. The van der Waals surface area contributed by atoms with Crippen LogP contribution in [0.4, 0.5) is 0 Å². The molecule has 6 heteroatoms. The largest absolute Gasteiger partial charge is 0.496 e. The van der Waals surface area contributed by atoms with Gasteiger partial charge in [0, 0.05) is 24.7 Å². The summed E-state index contributed by atoms with van der Waals surface area (Å²) in [5.74, 6) is 0.843. The third-order valence-electron chi connectivity index (χ3n) is 3.60. The molecule has 0 aliphatic carbocycles. The van der Waals surface area contributed by atoms with Crippen LogP contribution in [0.15, 0.2) is 22.7 Å². The zero-order valence-corrected chi connectivity index (χ0v) is 14.8. The summed E-state index contributed by atoms with van der Waals surface area (Å²) in [4.78, 5) is 14.7. The molecule has 1 aromatic rings. The molecule has 2 rings (SSSR count). The van der Waals surface area contributed by atoms with E-state index in [1.807, 2.05) is 23.1 Å². The number of hydrogen-bond donors (Lipinski definition) is 1. The van der Waals surface area contributed by atoms with Gasteiger partial charge in [-0.05, 0) is 53.5 Å². The van der Waals surface area contributed by atoms with Crippen LogP contribution in [-0.2, 0) is 0 Å². The number of ether oxygens (including phenoxy) is 1. The highest BCUT2D eigenvalue weighted by Gasteiger charge is 2.26. The molecule has 0 spiro atoms. The Bertz CT molecular complexity index is 479. The number of methoxy groups -OCH3 is 1. The van der Waals surface area contributed by atoms with Crippen LogP contribution in [0.3, 0.4) is 0 Å². The Morgan fingerprint density at radius 3 is 2.81 bits per heavy atom. The van der Waals surface area contributed by atoms with E-state index in [1.54, 1.807) is 7.11 Å². The van der Waals surface area contributed by atoms with Crippen LogP contribution < -0.4 is 10.1 Å². The summed E-state index contributed by atoms with van der Waals surface area (Å²) >= 11 is 3.44. The first-order valence-electron chi connectivity index (χ1n) is 7.02. The average Bonchev–Trinajstić information content (AvgIpc) is 2.97. The van der Waals surface area contributed by atoms with E-state index in [2.05, 4.69) is 28.2 Å². The molecule has 1 atom stereocenters. The first-order chi connectivity index (χ1) is 9.67. The van der Waals surface area contributed by atoms with Gasteiger partial charge < -0.3 is 15.0 Å². The lowest BCUT2D eigenvalue weighted by molar-refractivity contribution is 0.0692. The number of nitrogens with one attached hydrogen (secondary N) is 1. The Morgan fingerprint density at radius 1 is 1.52 bits per heavy atom. The molecule has 1 N–H and O–H groups in total. The standard InChI is InChI=1S/C15H21BrN2O2.ClH/c1-3-8-18(12-6-7-17-10-12)15(19)11-4-5-14(20-2)13(16)9-11;/h4-5,9,12,17H,3,6-8,10H2,1-2H3;1H. The molecule has 1 heterocycles. The van der Waals surface area contributed by atoms with E-state index in [0.717, 1.165) is 42.7 Å². The molecular formula is C15H22BrClN2O2. The molecule has 1 aliphatic rings. The van der Waals surface area contributed by atoms with Gasteiger partial charge in [0.25, 0.3) is 5.91 Å². The molecule has 1 aromatic carbocycles. The predicted octanol–water partition coefficient (Wildman–Crippen LogP) is 3.09. The number of carbonyl (C=O) groups is 1. The zero-order valence-electron chi connectivity index (χ0n) is 12.4. The van der Waals surface area contributed by atoms with Gasteiger partial charge in [-0.15, -0.1) is 12.4 Å². The van der Waals surface area contributed by atoms with E-state index in [0.29, 0.717) is 11.6 Å². The van der Waals surface area contributed by atoms with Gasteiger partial charge in [-0.25, -0.2) is 0 Å². The van der Waals surface area contributed by atoms with Crippen molar-refractivity contribution in [3.63, 3.8) is 0 Å². The van der Waals surface area contributed by atoms with Gasteiger partial charge >= 0.3 is 0 Å². The van der Waals surface area contributed by atoms with Crippen molar-refractivity contribution in [3.8, 4) is 5.75 Å². The van der Waals surface area contributed by atoms with Crippen molar-refractivity contribution < 1.29 is 9.53 Å². The smallest absolute Gasteiger partial charge is 0.254 e. The summed E-state index contributed by atoms with van der Waals surface area (Å²) in [5, 5.41) is 3.32. The zero-order chi connectivity index (χ0) is 14.5. The molecule has 1 saturated heterocycles. The maximum absolute atomic E-state index is 12.7. The second-order valence-electron chi connectivity index (χ2n) is 4.99.